The first-order chi connectivity index (χ1) is 12.6. The van der Waals surface area contributed by atoms with Gasteiger partial charge >= 0.3 is 0 Å². The maximum Gasteiger partial charge on any atom is 0.257 e. The Morgan fingerprint density at radius 1 is 1.04 bits per heavy atom. The second kappa shape index (κ2) is 6.68. The molecule has 0 unspecified atom stereocenters. The summed E-state index contributed by atoms with van der Waals surface area (Å²) in [5.41, 5.74) is 4.45. The second-order valence-corrected chi connectivity index (χ2v) is 6.74. The monoisotopic (exact) mass is 407 g/mol. The Morgan fingerprint density at radius 3 is 2.50 bits per heavy atom. The van der Waals surface area contributed by atoms with Crippen molar-refractivity contribution in [3.05, 3.63) is 76.5 Å². The zero-order valence-corrected chi connectivity index (χ0v) is 15.4. The molecule has 26 heavy (non-hydrogen) atoms. The third kappa shape index (κ3) is 3.21. The summed E-state index contributed by atoms with van der Waals surface area (Å²) in [6.07, 6.45) is 3.16. The number of pyridine rings is 1. The predicted molar refractivity (Wildman–Crippen MR) is 103 cm³/mol. The van der Waals surface area contributed by atoms with Crippen LogP contribution < -0.4 is 5.32 Å². The Balaban J connectivity index is 1.67. The summed E-state index contributed by atoms with van der Waals surface area (Å²) in [5, 5.41) is 11.9. The summed E-state index contributed by atoms with van der Waals surface area (Å²) in [6.45, 7) is 1.93. The maximum absolute atomic E-state index is 12.5. The SMILES string of the molecule is Cc1cc2nn(-c3ccccc3)nc2cc1NC(=O)c1cncc(Br)c1. The molecule has 0 aliphatic rings. The molecule has 0 atom stereocenters. The minimum atomic E-state index is -0.225. The van der Waals surface area contributed by atoms with Gasteiger partial charge in [0.2, 0.25) is 0 Å². The first kappa shape index (κ1) is 16.4. The van der Waals surface area contributed by atoms with Crippen molar-refractivity contribution in [2.45, 2.75) is 6.92 Å². The Hall–Kier alpha value is -3.06. The van der Waals surface area contributed by atoms with E-state index < -0.39 is 0 Å². The van der Waals surface area contributed by atoms with E-state index >= 15 is 0 Å². The van der Waals surface area contributed by atoms with Crippen molar-refractivity contribution in [2.75, 3.05) is 5.32 Å². The van der Waals surface area contributed by atoms with Gasteiger partial charge in [0, 0.05) is 22.6 Å². The van der Waals surface area contributed by atoms with Crippen LogP contribution in [0.25, 0.3) is 16.7 Å². The molecule has 2 aromatic carbocycles. The molecular formula is C19H14BrN5O. The fourth-order valence-corrected chi connectivity index (χ4v) is 2.97. The van der Waals surface area contributed by atoms with E-state index in [1.807, 2.05) is 49.4 Å². The number of para-hydroxylation sites is 1. The quantitative estimate of drug-likeness (QED) is 0.553. The minimum Gasteiger partial charge on any atom is -0.322 e. The van der Waals surface area contributed by atoms with Crippen LogP contribution in [0.2, 0.25) is 0 Å². The summed E-state index contributed by atoms with van der Waals surface area (Å²) >= 11 is 3.32. The number of hydrogen-bond acceptors (Lipinski definition) is 4. The van der Waals surface area contributed by atoms with Crippen molar-refractivity contribution in [3.63, 3.8) is 0 Å². The molecule has 1 amide bonds. The van der Waals surface area contributed by atoms with E-state index in [4.69, 9.17) is 0 Å². The van der Waals surface area contributed by atoms with E-state index in [2.05, 4.69) is 36.4 Å². The van der Waals surface area contributed by atoms with Gasteiger partial charge in [0.05, 0.1) is 11.3 Å². The van der Waals surface area contributed by atoms with Crippen LogP contribution in [0.15, 0.2) is 65.4 Å². The molecule has 0 bridgehead atoms. The Bertz CT molecular complexity index is 1110. The fraction of sp³-hybridized carbons (Fsp3) is 0.0526. The highest BCUT2D eigenvalue weighted by Crippen LogP contribution is 2.23. The lowest BCUT2D eigenvalue weighted by Gasteiger charge is -2.08. The van der Waals surface area contributed by atoms with Gasteiger partial charge in [0.1, 0.15) is 11.0 Å². The van der Waals surface area contributed by atoms with Crippen LogP contribution >= 0.6 is 15.9 Å². The normalized spacial score (nSPS) is 10.8. The number of fused-ring (bicyclic) bond motifs is 1. The van der Waals surface area contributed by atoms with Gasteiger partial charge in [-0.1, -0.05) is 18.2 Å². The molecule has 4 rings (SSSR count). The molecule has 0 aliphatic heterocycles. The number of anilines is 1. The first-order valence-corrected chi connectivity index (χ1v) is 8.74. The van der Waals surface area contributed by atoms with Crippen molar-refractivity contribution >= 4 is 38.6 Å². The van der Waals surface area contributed by atoms with Crippen LogP contribution in [-0.2, 0) is 0 Å². The highest BCUT2D eigenvalue weighted by atomic mass is 79.9. The predicted octanol–water partition coefficient (Wildman–Crippen LogP) is 4.14. The highest BCUT2D eigenvalue weighted by molar-refractivity contribution is 9.10. The number of aryl methyl sites for hydroxylation is 1. The van der Waals surface area contributed by atoms with Crippen molar-refractivity contribution in [1.82, 2.24) is 20.0 Å². The molecule has 0 spiro atoms. The lowest BCUT2D eigenvalue weighted by atomic mass is 10.1. The van der Waals surface area contributed by atoms with Crippen LogP contribution in [0.5, 0.6) is 0 Å². The molecule has 4 aromatic rings. The smallest absolute Gasteiger partial charge is 0.257 e. The molecule has 7 heteroatoms. The van der Waals surface area contributed by atoms with Crippen LogP contribution in [0.4, 0.5) is 5.69 Å². The minimum absolute atomic E-state index is 0.225. The van der Waals surface area contributed by atoms with E-state index in [1.54, 1.807) is 17.1 Å². The Labute approximate surface area is 158 Å². The summed E-state index contributed by atoms with van der Waals surface area (Å²) in [4.78, 5) is 18.1. The molecule has 0 aliphatic carbocycles. The van der Waals surface area contributed by atoms with Gasteiger partial charge in [-0.05, 0) is 58.7 Å². The Morgan fingerprint density at radius 2 is 1.77 bits per heavy atom. The average Bonchev–Trinajstić information content (AvgIpc) is 3.05. The molecule has 2 aromatic heterocycles. The molecule has 0 radical (unpaired) electrons. The van der Waals surface area contributed by atoms with Crippen molar-refractivity contribution in [3.8, 4) is 5.69 Å². The number of benzene rings is 2. The molecule has 6 nitrogen and oxygen atoms in total. The molecular weight excluding hydrogens is 394 g/mol. The number of amides is 1. The number of carbonyl (C=O) groups is 1. The lowest BCUT2D eigenvalue weighted by molar-refractivity contribution is 0.102. The van der Waals surface area contributed by atoms with Crippen LogP contribution in [-0.4, -0.2) is 25.9 Å². The van der Waals surface area contributed by atoms with Gasteiger partial charge in [-0.2, -0.15) is 4.80 Å². The van der Waals surface area contributed by atoms with E-state index in [1.165, 1.54) is 6.20 Å². The van der Waals surface area contributed by atoms with E-state index in [0.29, 0.717) is 16.8 Å². The van der Waals surface area contributed by atoms with Crippen LogP contribution in [0, 0.1) is 6.92 Å². The van der Waals surface area contributed by atoms with Gasteiger partial charge in [-0.15, -0.1) is 10.2 Å². The zero-order chi connectivity index (χ0) is 18.1. The fourth-order valence-electron chi connectivity index (χ4n) is 2.61. The van der Waals surface area contributed by atoms with Gasteiger partial charge in [0.25, 0.3) is 5.91 Å². The summed E-state index contributed by atoms with van der Waals surface area (Å²) < 4.78 is 0.753. The third-order valence-corrected chi connectivity index (χ3v) is 4.36. The first-order valence-electron chi connectivity index (χ1n) is 7.95. The molecule has 128 valence electrons. The number of aromatic nitrogens is 4. The number of carbonyl (C=O) groups excluding carboxylic acids is 1. The van der Waals surface area contributed by atoms with Gasteiger partial charge < -0.3 is 5.32 Å². The third-order valence-electron chi connectivity index (χ3n) is 3.93. The number of halogens is 1. The van der Waals surface area contributed by atoms with Crippen molar-refractivity contribution in [1.29, 1.82) is 0 Å². The largest absolute Gasteiger partial charge is 0.322 e. The second-order valence-electron chi connectivity index (χ2n) is 5.83. The van der Waals surface area contributed by atoms with Crippen molar-refractivity contribution < 1.29 is 4.79 Å². The van der Waals surface area contributed by atoms with Gasteiger partial charge in [0.15, 0.2) is 0 Å². The van der Waals surface area contributed by atoms with Gasteiger partial charge in [-0.25, -0.2) is 0 Å². The van der Waals surface area contributed by atoms with E-state index in [9.17, 15) is 4.79 Å². The number of nitrogens with one attached hydrogen (secondary N) is 1. The van der Waals surface area contributed by atoms with E-state index in [-0.39, 0.29) is 5.91 Å². The number of hydrogen-bond donors (Lipinski definition) is 1. The maximum atomic E-state index is 12.5. The highest BCUT2D eigenvalue weighted by Gasteiger charge is 2.12. The number of nitrogens with zero attached hydrogens (tertiary/aromatic N) is 4. The lowest BCUT2D eigenvalue weighted by Crippen LogP contribution is -2.13. The molecule has 2 heterocycles. The van der Waals surface area contributed by atoms with Crippen LogP contribution in [0.3, 0.4) is 0 Å². The number of rotatable bonds is 3. The average molecular weight is 408 g/mol. The topological polar surface area (TPSA) is 72.7 Å². The molecule has 1 N–H and O–H groups in total. The Kier molecular flexibility index (Phi) is 4.22. The summed E-state index contributed by atoms with van der Waals surface area (Å²) in [5.74, 6) is -0.225. The summed E-state index contributed by atoms with van der Waals surface area (Å²) in [7, 11) is 0. The van der Waals surface area contributed by atoms with E-state index in [0.717, 1.165) is 21.2 Å². The van der Waals surface area contributed by atoms with Crippen molar-refractivity contribution in [2.24, 2.45) is 0 Å². The van der Waals surface area contributed by atoms with Gasteiger partial charge in [-0.3, -0.25) is 9.78 Å². The van der Waals surface area contributed by atoms with Crippen LogP contribution in [0.1, 0.15) is 15.9 Å². The standard InChI is InChI=1S/C19H14BrN5O/c1-12-7-17-18(24-25(23-17)15-5-3-2-4-6-15)9-16(12)22-19(26)13-8-14(20)11-21-10-13/h2-11H,1H3,(H,22,26). The molecule has 0 saturated carbocycles. The summed E-state index contributed by atoms with van der Waals surface area (Å²) in [6, 6.07) is 15.2. The molecule has 0 fully saturated rings. The zero-order valence-electron chi connectivity index (χ0n) is 13.8. The molecule has 0 saturated heterocycles.